The first-order valence-electron chi connectivity index (χ1n) is 16.2. The number of ether oxygens (including phenoxy) is 2. The minimum atomic E-state index is -1.37. The average Bonchev–Trinajstić information content (AvgIpc) is 3.84. The zero-order valence-corrected chi connectivity index (χ0v) is 29.7. The van der Waals surface area contributed by atoms with Crippen molar-refractivity contribution in [3.63, 3.8) is 0 Å². The maximum absolute atomic E-state index is 13.5. The summed E-state index contributed by atoms with van der Waals surface area (Å²) < 4.78 is 14.5. The van der Waals surface area contributed by atoms with Crippen LogP contribution in [0.15, 0.2) is 39.7 Å². The van der Waals surface area contributed by atoms with E-state index in [1.165, 1.54) is 22.7 Å². The smallest absolute Gasteiger partial charge is 0.410 e. The predicted molar refractivity (Wildman–Crippen MR) is 182 cm³/mol. The van der Waals surface area contributed by atoms with Gasteiger partial charge in [-0.15, -0.1) is 11.8 Å². The number of carboxylic acids is 1. The molecule has 1 aromatic heterocycles. The van der Waals surface area contributed by atoms with Crippen LogP contribution in [0.4, 0.5) is 9.93 Å². The van der Waals surface area contributed by atoms with Crippen molar-refractivity contribution in [2.75, 3.05) is 44.3 Å². The summed E-state index contributed by atoms with van der Waals surface area (Å²) in [7, 11) is 0. The summed E-state index contributed by atoms with van der Waals surface area (Å²) in [6.07, 6.45) is 3.95. The first kappa shape index (κ1) is 37.3. The first-order valence-corrected chi connectivity index (χ1v) is 18.0. The number of β-lactam (4-membered cyclic amide) rings is 1. The molecule has 1 aromatic rings. The van der Waals surface area contributed by atoms with Crippen LogP contribution >= 0.6 is 23.3 Å². The molecule has 5 heterocycles. The van der Waals surface area contributed by atoms with Gasteiger partial charge in [0.1, 0.15) is 23.7 Å². The van der Waals surface area contributed by atoms with Crippen molar-refractivity contribution in [2.45, 2.75) is 57.5 Å². The number of likely N-dealkylation sites (tertiary alicyclic amines) is 2. The molecule has 0 bridgehead atoms. The molecule has 4 amide bonds. The largest absolute Gasteiger partial charge is 0.477 e. The highest BCUT2D eigenvalue weighted by Gasteiger charge is 2.54. The first-order chi connectivity index (χ1) is 24.3. The third kappa shape index (κ3) is 8.01. The zero-order chi connectivity index (χ0) is 37.0. The molecule has 4 aliphatic heterocycles. The molecule has 3 saturated heterocycles. The Kier molecular flexibility index (Phi) is 11.6. The molecule has 4 aliphatic rings. The third-order valence-electron chi connectivity index (χ3n) is 8.44. The van der Waals surface area contributed by atoms with Crippen molar-refractivity contribution in [3.8, 4) is 0 Å². The fraction of sp³-hybridized carbons (Fsp3) is 0.516. The molecule has 0 unspecified atom stereocenters. The Hall–Kier alpha value is -4.98. The van der Waals surface area contributed by atoms with Crippen LogP contribution in [-0.2, 0) is 33.4 Å². The summed E-state index contributed by atoms with van der Waals surface area (Å²) in [6.45, 7) is 6.65. The number of thioether (sulfide) groups is 1. The van der Waals surface area contributed by atoms with Gasteiger partial charge in [-0.3, -0.25) is 19.3 Å². The Bertz CT molecular complexity index is 1740. The van der Waals surface area contributed by atoms with Gasteiger partial charge in [0.05, 0.1) is 18.2 Å². The highest BCUT2D eigenvalue weighted by atomic mass is 32.2. The Morgan fingerprint density at radius 3 is 2.61 bits per heavy atom. The Morgan fingerprint density at radius 2 is 1.96 bits per heavy atom. The number of hydrogen-bond acceptors (Lipinski definition) is 15. The summed E-state index contributed by atoms with van der Waals surface area (Å²) in [5.74, 6) is -3.78. The topological polar surface area (TPSA) is 247 Å². The van der Waals surface area contributed by atoms with E-state index in [2.05, 4.69) is 19.8 Å². The molecule has 5 rings (SSSR count). The second kappa shape index (κ2) is 15.9. The normalized spacial score (nSPS) is 23.2. The fourth-order valence-electron chi connectivity index (χ4n) is 5.99. The third-order valence-corrected chi connectivity index (χ3v) is 10.3. The van der Waals surface area contributed by atoms with E-state index in [-0.39, 0.29) is 71.2 Å². The monoisotopic (exact) mass is 746 g/mol. The quantitative estimate of drug-likeness (QED) is 0.0581. The van der Waals surface area contributed by atoms with E-state index < -0.39 is 47.0 Å². The van der Waals surface area contributed by atoms with Crippen LogP contribution in [0.5, 0.6) is 0 Å². The molecule has 3 fully saturated rings. The van der Waals surface area contributed by atoms with Crippen LogP contribution < -0.4 is 11.1 Å². The molecule has 20 heteroatoms. The van der Waals surface area contributed by atoms with Crippen LogP contribution in [-0.4, -0.2) is 132 Å². The number of carbonyl (C=O) groups excluding carboxylic acids is 5. The van der Waals surface area contributed by atoms with Gasteiger partial charge in [0.25, 0.3) is 11.8 Å². The highest BCUT2D eigenvalue weighted by molar-refractivity contribution is 8.00. The Labute approximate surface area is 300 Å². The number of anilines is 1. The number of carboxylic acid groups (broad SMARTS) is 1. The molecule has 5 N–H and O–H groups in total. The molecule has 51 heavy (non-hydrogen) atoms. The number of oxime groups is 1. The number of carbonyl (C=O) groups is 6. The number of aliphatic carboxylic acids is 1. The van der Waals surface area contributed by atoms with E-state index in [4.69, 9.17) is 15.2 Å². The maximum Gasteiger partial charge on any atom is 0.410 e. The Balaban J connectivity index is 1.19. The van der Waals surface area contributed by atoms with Crippen LogP contribution in [0.2, 0.25) is 0 Å². The van der Waals surface area contributed by atoms with Crippen molar-refractivity contribution < 1.29 is 48.6 Å². The molecule has 0 saturated carbocycles. The van der Waals surface area contributed by atoms with E-state index in [0.717, 1.165) is 16.4 Å². The van der Waals surface area contributed by atoms with Gasteiger partial charge < -0.3 is 40.6 Å². The van der Waals surface area contributed by atoms with Crippen LogP contribution in [0.3, 0.4) is 0 Å². The lowest BCUT2D eigenvalue weighted by Gasteiger charge is -2.49. The maximum atomic E-state index is 13.5. The summed E-state index contributed by atoms with van der Waals surface area (Å²) in [5.41, 5.74) is 5.58. The van der Waals surface area contributed by atoms with Gasteiger partial charge >= 0.3 is 18.0 Å². The SMILES string of the molecule is CC/C=C(/COC(=O)N1CC[C@@H](N2CC/C(=C\C3=C(C(=O)O)N4C(=O)[C@@H](NC(=O)/C(=N\O)c5nsc(N)n5)[C@H]4SC3)C2=O)C1)C(=O)OCC(C)C. The number of nitrogens with zero attached hydrogens (tertiary/aromatic N) is 6. The zero-order valence-electron chi connectivity index (χ0n) is 28.1. The van der Waals surface area contributed by atoms with Gasteiger partial charge in [-0.05, 0) is 36.8 Å². The van der Waals surface area contributed by atoms with Crippen molar-refractivity contribution in [3.05, 3.63) is 40.4 Å². The number of allylic oxidation sites excluding steroid dienone is 2. The van der Waals surface area contributed by atoms with Gasteiger partial charge in [-0.2, -0.15) is 9.36 Å². The molecule has 274 valence electrons. The molecule has 0 aliphatic carbocycles. The summed E-state index contributed by atoms with van der Waals surface area (Å²) >= 11 is 1.98. The number of aromatic nitrogens is 2. The van der Waals surface area contributed by atoms with E-state index in [9.17, 15) is 39.1 Å². The molecule has 0 aromatic carbocycles. The predicted octanol–water partition coefficient (Wildman–Crippen LogP) is 0.942. The highest BCUT2D eigenvalue weighted by Crippen LogP contribution is 2.41. The second-order valence-corrected chi connectivity index (χ2v) is 14.3. The van der Waals surface area contributed by atoms with Crippen LogP contribution in [0.1, 0.15) is 45.9 Å². The van der Waals surface area contributed by atoms with Crippen molar-refractivity contribution in [1.29, 1.82) is 0 Å². The van der Waals surface area contributed by atoms with Crippen LogP contribution in [0, 0.1) is 5.92 Å². The van der Waals surface area contributed by atoms with Gasteiger partial charge in [0.2, 0.25) is 17.4 Å². The van der Waals surface area contributed by atoms with Gasteiger partial charge in [-0.1, -0.05) is 32.0 Å². The van der Waals surface area contributed by atoms with E-state index in [1.807, 2.05) is 20.8 Å². The molecule has 3 atom stereocenters. The van der Waals surface area contributed by atoms with E-state index in [0.29, 0.717) is 37.9 Å². The lowest BCUT2D eigenvalue weighted by molar-refractivity contribution is -0.150. The summed E-state index contributed by atoms with van der Waals surface area (Å²) in [5, 5.41) is 24.1. The fourth-order valence-corrected chi connectivity index (χ4v) is 7.73. The molecule has 0 radical (unpaired) electrons. The number of rotatable bonds is 12. The average molecular weight is 747 g/mol. The molecular formula is C31H38N8O10S2. The van der Waals surface area contributed by atoms with Crippen molar-refractivity contribution in [2.24, 2.45) is 11.1 Å². The summed E-state index contributed by atoms with van der Waals surface area (Å²) in [4.78, 5) is 85.1. The number of fused-ring (bicyclic) bond motifs is 1. The standard InChI is InChI=1S/C31H38N8O10S2/c1-4-5-17(29(45)48-12-15(2)3)13-49-31(46)37-8-7-19(11-37)38-9-6-16(25(38)41)10-18-14-50-27-21(26(42)39(27)22(18)28(43)44)33-24(40)20(35-47)23-34-30(32)51-36-23/h5,10,15,19,21,27,47H,4,6-9,11-14H2,1-3H3,(H,33,40)(H,43,44)(H2,32,34,36)/b16-10+,17-5-,35-20-/t19-,21-,27-/m1/s1. The number of nitrogen functional groups attached to an aromatic ring is 1. The Morgan fingerprint density at radius 1 is 1.20 bits per heavy atom. The number of hydrogen-bond donors (Lipinski definition) is 4. The minimum Gasteiger partial charge on any atom is -0.477 e. The number of nitrogens with one attached hydrogen (secondary N) is 1. The molecule has 0 spiro atoms. The van der Waals surface area contributed by atoms with Gasteiger partial charge in [0, 0.05) is 42.5 Å². The lowest BCUT2D eigenvalue weighted by atomic mass is 10.0. The lowest BCUT2D eigenvalue weighted by Crippen LogP contribution is -2.71. The molecular weight excluding hydrogens is 709 g/mol. The van der Waals surface area contributed by atoms with E-state index >= 15 is 0 Å². The second-order valence-electron chi connectivity index (χ2n) is 12.4. The number of amides is 4. The van der Waals surface area contributed by atoms with Crippen molar-refractivity contribution >= 4 is 69.9 Å². The van der Waals surface area contributed by atoms with Gasteiger partial charge in [-0.25, -0.2) is 14.4 Å². The summed E-state index contributed by atoms with van der Waals surface area (Å²) in [6, 6.07) is -1.41. The van der Waals surface area contributed by atoms with Crippen molar-refractivity contribution in [1.82, 2.24) is 29.4 Å². The van der Waals surface area contributed by atoms with Gasteiger partial charge in [0.15, 0.2) is 5.13 Å². The van der Waals surface area contributed by atoms with E-state index in [1.54, 1.807) is 11.0 Å². The van der Waals surface area contributed by atoms with Crippen LogP contribution in [0.25, 0.3) is 0 Å². The number of nitrogens with two attached hydrogens (primary N) is 1. The number of esters is 1. The molecule has 18 nitrogen and oxygen atoms in total. The minimum absolute atomic E-state index is 0.0347.